The first-order chi connectivity index (χ1) is 10.1. The molecule has 1 aromatic rings. The average molecular weight is 362 g/mol. The predicted molar refractivity (Wildman–Crippen MR) is 83.2 cm³/mol. The largest absolute Gasteiger partial charge is 0.378 e. The molecule has 0 aromatic heterocycles. The van der Waals surface area contributed by atoms with Crippen LogP contribution in [0.2, 0.25) is 0 Å². The van der Waals surface area contributed by atoms with Crippen molar-refractivity contribution in [3.05, 3.63) is 33.8 Å². The molecule has 1 fully saturated rings. The second-order valence-electron chi connectivity index (χ2n) is 5.49. The van der Waals surface area contributed by atoms with Crippen LogP contribution in [-0.2, 0) is 4.74 Å². The highest BCUT2D eigenvalue weighted by Gasteiger charge is 2.35. The van der Waals surface area contributed by atoms with Crippen LogP contribution >= 0.6 is 15.9 Å². The van der Waals surface area contributed by atoms with Gasteiger partial charge in [0.05, 0.1) is 10.6 Å². The molecule has 1 heterocycles. The zero-order valence-corrected chi connectivity index (χ0v) is 14.1. The Kier molecular flexibility index (Phi) is 6.14. The molecule has 0 amide bonds. The highest BCUT2D eigenvalue weighted by Crippen LogP contribution is 2.37. The van der Waals surface area contributed by atoms with Gasteiger partial charge in [-0.3, -0.25) is 0 Å². The van der Waals surface area contributed by atoms with Crippen LogP contribution in [0, 0.1) is 17.6 Å². The fourth-order valence-electron chi connectivity index (χ4n) is 3.03. The number of halogens is 3. The second kappa shape index (κ2) is 7.65. The Morgan fingerprint density at radius 2 is 2.10 bits per heavy atom. The molecule has 1 aromatic carbocycles. The van der Waals surface area contributed by atoms with Crippen molar-refractivity contribution in [3.8, 4) is 0 Å². The van der Waals surface area contributed by atoms with E-state index in [1.54, 1.807) is 0 Å². The standard InChI is InChI=1S/C16H22BrF2NO/c1-3-6-20-16(10-5-7-21-15(10)4-2)11-8-14(19)12(17)9-13(11)18/h8-10,15-16,20H,3-7H2,1-2H3. The number of hydrogen-bond donors (Lipinski definition) is 1. The molecule has 1 aliphatic rings. The van der Waals surface area contributed by atoms with Crippen molar-refractivity contribution in [2.75, 3.05) is 13.2 Å². The molecule has 118 valence electrons. The third-order valence-corrected chi connectivity index (χ3v) is 4.69. The fraction of sp³-hybridized carbons (Fsp3) is 0.625. The van der Waals surface area contributed by atoms with E-state index < -0.39 is 5.82 Å². The number of hydrogen-bond acceptors (Lipinski definition) is 2. The lowest BCUT2D eigenvalue weighted by molar-refractivity contribution is 0.0769. The van der Waals surface area contributed by atoms with Gasteiger partial charge in [-0.15, -0.1) is 0 Å². The molecule has 5 heteroatoms. The van der Waals surface area contributed by atoms with Crippen LogP contribution < -0.4 is 5.32 Å². The maximum Gasteiger partial charge on any atom is 0.137 e. The summed E-state index contributed by atoms with van der Waals surface area (Å²) in [6, 6.07) is 2.31. The molecule has 2 nitrogen and oxygen atoms in total. The molecule has 21 heavy (non-hydrogen) atoms. The van der Waals surface area contributed by atoms with Gasteiger partial charge in [0.2, 0.25) is 0 Å². The van der Waals surface area contributed by atoms with Crippen molar-refractivity contribution < 1.29 is 13.5 Å². The highest BCUT2D eigenvalue weighted by molar-refractivity contribution is 9.10. The molecule has 1 aliphatic heterocycles. The lowest BCUT2D eigenvalue weighted by Crippen LogP contribution is -2.34. The molecule has 1 N–H and O–H groups in total. The second-order valence-corrected chi connectivity index (χ2v) is 6.34. The highest BCUT2D eigenvalue weighted by atomic mass is 79.9. The summed E-state index contributed by atoms with van der Waals surface area (Å²) in [4.78, 5) is 0. The van der Waals surface area contributed by atoms with E-state index in [0.29, 0.717) is 12.2 Å². The zero-order valence-electron chi connectivity index (χ0n) is 12.5. The van der Waals surface area contributed by atoms with E-state index in [1.807, 2.05) is 0 Å². The van der Waals surface area contributed by atoms with E-state index in [4.69, 9.17) is 4.74 Å². The number of rotatable bonds is 6. The molecular weight excluding hydrogens is 340 g/mol. The predicted octanol–water partition coefficient (Wildman–Crippen LogP) is 4.58. The van der Waals surface area contributed by atoms with Gasteiger partial charge in [-0.25, -0.2) is 8.78 Å². The van der Waals surface area contributed by atoms with Crippen molar-refractivity contribution in [1.82, 2.24) is 5.32 Å². The summed E-state index contributed by atoms with van der Waals surface area (Å²) in [7, 11) is 0. The minimum atomic E-state index is -0.429. The Morgan fingerprint density at radius 3 is 2.76 bits per heavy atom. The minimum absolute atomic E-state index is 0.102. The summed E-state index contributed by atoms with van der Waals surface area (Å²) in [5, 5.41) is 3.38. The third kappa shape index (κ3) is 3.82. The Hall–Kier alpha value is -0.520. The lowest BCUT2D eigenvalue weighted by atomic mass is 9.86. The van der Waals surface area contributed by atoms with Gasteiger partial charge in [0.25, 0.3) is 0 Å². The van der Waals surface area contributed by atoms with Gasteiger partial charge in [-0.1, -0.05) is 13.8 Å². The molecule has 0 bridgehead atoms. The molecule has 3 unspecified atom stereocenters. The molecule has 2 rings (SSSR count). The summed E-state index contributed by atoms with van der Waals surface area (Å²) >= 11 is 3.03. The molecule has 0 aliphatic carbocycles. The quantitative estimate of drug-likeness (QED) is 0.748. The van der Waals surface area contributed by atoms with Crippen molar-refractivity contribution in [2.24, 2.45) is 5.92 Å². The first kappa shape index (κ1) is 16.8. The topological polar surface area (TPSA) is 21.3 Å². The minimum Gasteiger partial charge on any atom is -0.378 e. The van der Waals surface area contributed by atoms with Crippen LogP contribution in [0.25, 0.3) is 0 Å². The van der Waals surface area contributed by atoms with E-state index in [9.17, 15) is 8.78 Å². The van der Waals surface area contributed by atoms with Gasteiger partial charge in [0.15, 0.2) is 0 Å². The van der Waals surface area contributed by atoms with Crippen LogP contribution in [0.5, 0.6) is 0 Å². The summed E-state index contributed by atoms with van der Waals surface area (Å²) in [6.45, 7) is 5.59. The van der Waals surface area contributed by atoms with Gasteiger partial charge >= 0.3 is 0 Å². The van der Waals surface area contributed by atoms with Gasteiger partial charge in [0, 0.05) is 24.1 Å². The summed E-state index contributed by atoms with van der Waals surface area (Å²) in [5.41, 5.74) is 0.401. The monoisotopic (exact) mass is 361 g/mol. The Morgan fingerprint density at radius 1 is 1.33 bits per heavy atom. The van der Waals surface area contributed by atoms with Crippen LogP contribution in [0.4, 0.5) is 8.78 Å². The van der Waals surface area contributed by atoms with Crippen LogP contribution in [-0.4, -0.2) is 19.3 Å². The zero-order chi connectivity index (χ0) is 15.4. The molecular formula is C16H22BrF2NO. The molecule has 0 saturated carbocycles. The first-order valence-electron chi connectivity index (χ1n) is 7.57. The van der Waals surface area contributed by atoms with Crippen molar-refractivity contribution in [2.45, 2.75) is 45.3 Å². The average Bonchev–Trinajstić information content (AvgIpc) is 2.93. The Bertz CT molecular complexity index is 484. The smallest absolute Gasteiger partial charge is 0.137 e. The third-order valence-electron chi connectivity index (χ3n) is 4.08. The van der Waals surface area contributed by atoms with Gasteiger partial charge in [-0.2, -0.15) is 0 Å². The van der Waals surface area contributed by atoms with E-state index in [2.05, 4.69) is 35.1 Å². The summed E-state index contributed by atoms with van der Waals surface area (Å²) in [6.07, 6.45) is 2.80. The molecule has 0 radical (unpaired) electrons. The van der Waals surface area contributed by atoms with Crippen LogP contribution in [0.3, 0.4) is 0 Å². The van der Waals surface area contributed by atoms with E-state index in [0.717, 1.165) is 25.8 Å². The normalized spacial score (nSPS) is 23.5. The maximum absolute atomic E-state index is 14.3. The van der Waals surface area contributed by atoms with Gasteiger partial charge in [0.1, 0.15) is 11.6 Å². The Labute approximate surface area is 133 Å². The molecule has 3 atom stereocenters. The van der Waals surface area contributed by atoms with E-state index in [-0.39, 0.29) is 28.4 Å². The van der Waals surface area contributed by atoms with Crippen LogP contribution in [0.1, 0.15) is 44.7 Å². The molecule has 0 spiro atoms. The lowest BCUT2D eigenvalue weighted by Gasteiger charge is -2.29. The van der Waals surface area contributed by atoms with E-state index >= 15 is 0 Å². The first-order valence-corrected chi connectivity index (χ1v) is 8.37. The van der Waals surface area contributed by atoms with Crippen LogP contribution in [0.15, 0.2) is 16.6 Å². The van der Waals surface area contributed by atoms with Gasteiger partial charge < -0.3 is 10.1 Å². The SMILES string of the molecule is CCCNC(c1cc(F)c(Br)cc1F)C1CCOC1CC. The summed E-state index contributed by atoms with van der Waals surface area (Å²) < 4.78 is 34.0. The number of ether oxygens (including phenoxy) is 1. The molecule has 1 saturated heterocycles. The maximum atomic E-state index is 14.3. The fourth-order valence-corrected chi connectivity index (χ4v) is 3.35. The number of benzene rings is 1. The number of nitrogens with one attached hydrogen (secondary N) is 1. The van der Waals surface area contributed by atoms with E-state index in [1.165, 1.54) is 12.1 Å². The van der Waals surface area contributed by atoms with Gasteiger partial charge in [-0.05, 0) is 53.9 Å². The Balaban J connectivity index is 2.33. The van der Waals surface area contributed by atoms with Crippen molar-refractivity contribution >= 4 is 15.9 Å². The van der Waals surface area contributed by atoms with Crippen molar-refractivity contribution in [1.29, 1.82) is 0 Å². The summed E-state index contributed by atoms with van der Waals surface area (Å²) in [5.74, 6) is -0.628. The van der Waals surface area contributed by atoms with Crippen molar-refractivity contribution in [3.63, 3.8) is 0 Å².